The van der Waals surface area contributed by atoms with Gasteiger partial charge in [0.2, 0.25) is 0 Å². The Labute approximate surface area is 119 Å². The Morgan fingerprint density at radius 1 is 1.68 bits per heavy atom. The Hall–Kier alpha value is -0.880. The molecule has 0 aromatic carbocycles. The highest BCUT2D eigenvalue weighted by Gasteiger charge is 2.29. The normalized spacial score (nSPS) is 22.4. The van der Waals surface area contributed by atoms with E-state index in [-0.39, 0.29) is 12.1 Å². The van der Waals surface area contributed by atoms with Crippen molar-refractivity contribution in [2.45, 2.75) is 19.1 Å². The number of morpholine rings is 1. The zero-order chi connectivity index (χ0) is 13.8. The van der Waals surface area contributed by atoms with E-state index < -0.39 is 0 Å². The third-order valence-corrected chi connectivity index (χ3v) is 3.55. The summed E-state index contributed by atoms with van der Waals surface area (Å²) in [5.74, 6) is 0.507. The van der Waals surface area contributed by atoms with Gasteiger partial charge in [-0.3, -0.25) is 0 Å². The van der Waals surface area contributed by atoms with Gasteiger partial charge in [-0.05, 0) is 19.7 Å². The maximum atomic E-state index is 6.03. The first kappa shape index (κ1) is 14.5. The molecule has 0 bridgehead atoms. The summed E-state index contributed by atoms with van der Waals surface area (Å²) >= 11 is 6.03. The molecule has 6 heteroatoms. The number of halogens is 1. The van der Waals surface area contributed by atoms with Crippen LogP contribution in [0.2, 0.25) is 5.02 Å². The second-order valence-electron chi connectivity index (χ2n) is 4.83. The number of nitrogens with one attached hydrogen (secondary N) is 1. The maximum absolute atomic E-state index is 6.03. The van der Waals surface area contributed by atoms with E-state index in [2.05, 4.69) is 29.2 Å². The van der Waals surface area contributed by atoms with Crippen molar-refractivity contribution in [1.29, 1.82) is 0 Å². The first-order valence-corrected chi connectivity index (χ1v) is 6.94. The number of nitrogens with zero attached hydrogens (tertiary/aromatic N) is 2. The average Bonchev–Trinajstić information content (AvgIpc) is 2.39. The predicted octanol–water partition coefficient (Wildman–Crippen LogP) is 1.30. The van der Waals surface area contributed by atoms with Gasteiger partial charge >= 0.3 is 0 Å². The number of anilines is 1. The molecule has 19 heavy (non-hydrogen) atoms. The van der Waals surface area contributed by atoms with Crippen LogP contribution >= 0.6 is 11.6 Å². The Morgan fingerprint density at radius 2 is 2.47 bits per heavy atom. The van der Waals surface area contributed by atoms with Gasteiger partial charge in [-0.1, -0.05) is 18.5 Å². The summed E-state index contributed by atoms with van der Waals surface area (Å²) < 4.78 is 5.88. The summed E-state index contributed by atoms with van der Waals surface area (Å²) in [6, 6.07) is 1.88. The Morgan fingerprint density at radius 3 is 3.16 bits per heavy atom. The molecule has 1 aromatic heterocycles. The van der Waals surface area contributed by atoms with Gasteiger partial charge in [0, 0.05) is 24.8 Å². The van der Waals surface area contributed by atoms with E-state index in [0.29, 0.717) is 10.8 Å². The zero-order valence-corrected chi connectivity index (χ0v) is 12.2. The van der Waals surface area contributed by atoms with Crippen molar-refractivity contribution in [2.75, 3.05) is 39.0 Å². The fourth-order valence-corrected chi connectivity index (χ4v) is 2.56. The quantitative estimate of drug-likeness (QED) is 0.873. The molecular formula is C13H21ClN4O. The number of rotatable bonds is 4. The fourth-order valence-electron chi connectivity index (χ4n) is 2.39. The number of pyridine rings is 1. The monoisotopic (exact) mass is 284 g/mol. The van der Waals surface area contributed by atoms with E-state index in [9.17, 15) is 0 Å². The minimum Gasteiger partial charge on any atom is -0.383 e. The number of nitrogen functional groups attached to an aromatic ring is 1. The van der Waals surface area contributed by atoms with Crippen molar-refractivity contribution >= 4 is 17.4 Å². The molecule has 0 spiro atoms. The summed E-state index contributed by atoms with van der Waals surface area (Å²) in [7, 11) is 2.10. The topological polar surface area (TPSA) is 63.4 Å². The SMILES string of the molecule is CCNC(c1cc(Cl)cnc1N)C1CN(C)CCO1. The van der Waals surface area contributed by atoms with Crippen molar-refractivity contribution in [3.05, 3.63) is 22.8 Å². The highest BCUT2D eigenvalue weighted by atomic mass is 35.5. The van der Waals surface area contributed by atoms with Gasteiger partial charge in [0.05, 0.1) is 23.8 Å². The molecule has 0 amide bonds. The van der Waals surface area contributed by atoms with Gasteiger partial charge in [0.15, 0.2) is 0 Å². The number of ether oxygens (including phenoxy) is 1. The highest BCUT2D eigenvalue weighted by molar-refractivity contribution is 6.30. The van der Waals surface area contributed by atoms with Crippen LogP contribution in [0, 0.1) is 0 Å². The smallest absolute Gasteiger partial charge is 0.128 e. The molecule has 2 atom stereocenters. The predicted molar refractivity (Wildman–Crippen MR) is 77.3 cm³/mol. The van der Waals surface area contributed by atoms with Crippen LogP contribution in [0.15, 0.2) is 12.3 Å². The number of hydrogen-bond acceptors (Lipinski definition) is 5. The van der Waals surface area contributed by atoms with E-state index in [1.807, 2.05) is 6.07 Å². The van der Waals surface area contributed by atoms with E-state index in [0.717, 1.165) is 31.8 Å². The summed E-state index contributed by atoms with van der Waals surface area (Å²) in [6.07, 6.45) is 1.62. The van der Waals surface area contributed by atoms with E-state index in [1.165, 1.54) is 0 Å². The van der Waals surface area contributed by atoms with Crippen LogP contribution in [0.25, 0.3) is 0 Å². The molecule has 1 aliphatic rings. The first-order valence-electron chi connectivity index (χ1n) is 6.56. The van der Waals surface area contributed by atoms with Gasteiger partial charge in [0.25, 0.3) is 0 Å². The molecule has 1 fully saturated rings. The first-order chi connectivity index (χ1) is 9.11. The van der Waals surface area contributed by atoms with Crippen molar-refractivity contribution in [3.63, 3.8) is 0 Å². The standard InChI is InChI=1S/C13H21ClN4O/c1-3-16-12(11-8-18(2)4-5-19-11)10-6-9(14)7-17-13(10)15/h6-7,11-12,16H,3-5,8H2,1-2H3,(H2,15,17). The van der Waals surface area contributed by atoms with Crippen LogP contribution in [0.4, 0.5) is 5.82 Å². The molecule has 5 nitrogen and oxygen atoms in total. The van der Waals surface area contributed by atoms with Crippen LogP contribution in [0.1, 0.15) is 18.5 Å². The molecule has 2 unspecified atom stereocenters. The van der Waals surface area contributed by atoms with E-state index in [4.69, 9.17) is 22.1 Å². The van der Waals surface area contributed by atoms with Crippen molar-refractivity contribution in [3.8, 4) is 0 Å². The Balaban J connectivity index is 2.25. The molecule has 0 radical (unpaired) electrons. The number of nitrogens with two attached hydrogens (primary N) is 1. The minimum atomic E-state index is 0.0129. The third-order valence-electron chi connectivity index (χ3n) is 3.34. The lowest BCUT2D eigenvalue weighted by Gasteiger charge is -2.36. The molecule has 0 saturated carbocycles. The summed E-state index contributed by atoms with van der Waals surface area (Å²) in [5, 5.41) is 4.02. The van der Waals surface area contributed by atoms with Gasteiger partial charge in [-0.15, -0.1) is 0 Å². The maximum Gasteiger partial charge on any atom is 0.128 e. The largest absolute Gasteiger partial charge is 0.383 e. The molecule has 2 heterocycles. The molecule has 3 N–H and O–H groups in total. The molecule has 0 aliphatic carbocycles. The number of hydrogen-bond donors (Lipinski definition) is 2. The van der Waals surface area contributed by atoms with Crippen LogP contribution in [0.3, 0.4) is 0 Å². The van der Waals surface area contributed by atoms with Gasteiger partial charge < -0.3 is 20.7 Å². The molecule has 1 saturated heterocycles. The van der Waals surface area contributed by atoms with E-state index >= 15 is 0 Å². The number of likely N-dealkylation sites (N-methyl/N-ethyl adjacent to an activating group) is 2. The minimum absolute atomic E-state index is 0.0129. The molecule has 2 rings (SSSR count). The van der Waals surface area contributed by atoms with Crippen molar-refractivity contribution in [2.24, 2.45) is 0 Å². The molecular weight excluding hydrogens is 264 g/mol. The molecule has 1 aliphatic heterocycles. The van der Waals surface area contributed by atoms with Crippen molar-refractivity contribution < 1.29 is 4.74 Å². The second-order valence-corrected chi connectivity index (χ2v) is 5.27. The van der Waals surface area contributed by atoms with E-state index in [1.54, 1.807) is 6.20 Å². The summed E-state index contributed by atoms with van der Waals surface area (Å²) in [5.41, 5.74) is 6.89. The summed E-state index contributed by atoms with van der Waals surface area (Å²) in [6.45, 7) is 5.45. The number of aromatic nitrogens is 1. The molecule has 1 aromatic rings. The lowest BCUT2D eigenvalue weighted by Crippen LogP contribution is -2.46. The van der Waals surface area contributed by atoms with Gasteiger partial charge in [-0.25, -0.2) is 4.98 Å². The third kappa shape index (κ3) is 3.57. The fraction of sp³-hybridized carbons (Fsp3) is 0.615. The molecule has 106 valence electrons. The van der Waals surface area contributed by atoms with Crippen molar-refractivity contribution in [1.82, 2.24) is 15.2 Å². The van der Waals surface area contributed by atoms with Crippen LogP contribution < -0.4 is 11.1 Å². The highest BCUT2D eigenvalue weighted by Crippen LogP contribution is 2.27. The van der Waals surface area contributed by atoms with Crippen LogP contribution in [0.5, 0.6) is 0 Å². The second kappa shape index (κ2) is 6.52. The Bertz CT molecular complexity index is 429. The average molecular weight is 285 g/mol. The van der Waals surface area contributed by atoms with Crippen LogP contribution in [-0.2, 0) is 4.74 Å². The lowest BCUT2D eigenvalue weighted by molar-refractivity contribution is -0.0389. The van der Waals surface area contributed by atoms with Gasteiger partial charge in [-0.2, -0.15) is 0 Å². The van der Waals surface area contributed by atoms with Gasteiger partial charge in [0.1, 0.15) is 5.82 Å². The Kier molecular flexibility index (Phi) is 4.99. The zero-order valence-electron chi connectivity index (χ0n) is 11.4. The summed E-state index contributed by atoms with van der Waals surface area (Å²) in [4.78, 5) is 6.39. The lowest BCUT2D eigenvalue weighted by atomic mass is 10.0. The van der Waals surface area contributed by atoms with Crippen LogP contribution in [-0.4, -0.2) is 49.3 Å².